The standard InChI is InChI=1S/C13H20N2O/c1-10(2)14(4)12-7-6-8-13(9-12)15(5)11(3)16/h6-10H,1-5H3. The van der Waals surface area contributed by atoms with Crippen molar-refractivity contribution in [1.82, 2.24) is 0 Å². The molecule has 0 aromatic heterocycles. The van der Waals surface area contributed by atoms with Crippen LogP contribution in [0.3, 0.4) is 0 Å². The van der Waals surface area contributed by atoms with Crippen LogP contribution >= 0.6 is 0 Å². The van der Waals surface area contributed by atoms with Gasteiger partial charge in [0.2, 0.25) is 5.91 Å². The molecule has 0 unspecified atom stereocenters. The van der Waals surface area contributed by atoms with Crippen LogP contribution in [0.25, 0.3) is 0 Å². The van der Waals surface area contributed by atoms with E-state index in [4.69, 9.17) is 0 Å². The Labute approximate surface area is 97.7 Å². The van der Waals surface area contributed by atoms with E-state index in [2.05, 4.69) is 31.9 Å². The predicted molar refractivity (Wildman–Crippen MR) is 69.1 cm³/mol. The molecular formula is C13H20N2O. The molecule has 3 nitrogen and oxygen atoms in total. The van der Waals surface area contributed by atoms with Crippen molar-refractivity contribution in [1.29, 1.82) is 0 Å². The molecule has 0 heterocycles. The van der Waals surface area contributed by atoms with E-state index in [1.807, 2.05) is 18.2 Å². The van der Waals surface area contributed by atoms with Gasteiger partial charge in [-0.15, -0.1) is 0 Å². The van der Waals surface area contributed by atoms with Gasteiger partial charge in [0.15, 0.2) is 0 Å². The van der Waals surface area contributed by atoms with Crippen molar-refractivity contribution in [3.05, 3.63) is 24.3 Å². The quantitative estimate of drug-likeness (QED) is 0.781. The van der Waals surface area contributed by atoms with Crippen molar-refractivity contribution in [2.24, 2.45) is 0 Å². The van der Waals surface area contributed by atoms with Gasteiger partial charge in [0, 0.05) is 38.4 Å². The van der Waals surface area contributed by atoms with Gasteiger partial charge in [-0.1, -0.05) is 6.07 Å². The van der Waals surface area contributed by atoms with Crippen LogP contribution in [-0.2, 0) is 4.79 Å². The van der Waals surface area contributed by atoms with Crippen molar-refractivity contribution in [2.45, 2.75) is 26.8 Å². The first-order valence-corrected chi connectivity index (χ1v) is 5.50. The summed E-state index contributed by atoms with van der Waals surface area (Å²) in [5, 5.41) is 0. The molecule has 0 aliphatic rings. The normalized spacial score (nSPS) is 10.4. The van der Waals surface area contributed by atoms with E-state index in [0.29, 0.717) is 6.04 Å². The van der Waals surface area contributed by atoms with Crippen LogP contribution in [0.15, 0.2) is 24.3 Å². The third-order valence-electron chi connectivity index (χ3n) is 2.87. The smallest absolute Gasteiger partial charge is 0.223 e. The Morgan fingerprint density at radius 3 is 2.25 bits per heavy atom. The average Bonchev–Trinajstić information content (AvgIpc) is 2.26. The highest BCUT2D eigenvalue weighted by atomic mass is 16.2. The summed E-state index contributed by atoms with van der Waals surface area (Å²) in [7, 11) is 3.84. The zero-order valence-corrected chi connectivity index (χ0v) is 10.7. The number of rotatable bonds is 3. The van der Waals surface area contributed by atoms with Crippen molar-refractivity contribution in [2.75, 3.05) is 23.9 Å². The van der Waals surface area contributed by atoms with Gasteiger partial charge >= 0.3 is 0 Å². The Hall–Kier alpha value is -1.51. The molecule has 0 radical (unpaired) electrons. The van der Waals surface area contributed by atoms with E-state index in [9.17, 15) is 4.79 Å². The van der Waals surface area contributed by atoms with Crippen molar-refractivity contribution >= 4 is 17.3 Å². The molecule has 0 saturated heterocycles. The molecular weight excluding hydrogens is 200 g/mol. The van der Waals surface area contributed by atoms with E-state index >= 15 is 0 Å². The van der Waals surface area contributed by atoms with Gasteiger partial charge in [0.05, 0.1) is 0 Å². The molecule has 0 aliphatic heterocycles. The van der Waals surface area contributed by atoms with E-state index in [-0.39, 0.29) is 5.91 Å². The number of carbonyl (C=O) groups is 1. The highest BCUT2D eigenvalue weighted by Crippen LogP contribution is 2.22. The third-order valence-corrected chi connectivity index (χ3v) is 2.87. The molecule has 0 atom stereocenters. The van der Waals surface area contributed by atoms with Crippen molar-refractivity contribution in [3.63, 3.8) is 0 Å². The molecule has 0 aliphatic carbocycles. The lowest BCUT2D eigenvalue weighted by Crippen LogP contribution is -2.27. The largest absolute Gasteiger partial charge is 0.372 e. The summed E-state index contributed by atoms with van der Waals surface area (Å²) in [5.41, 5.74) is 2.05. The highest BCUT2D eigenvalue weighted by Gasteiger charge is 2.09. The average molecular weight is 220 g/mol. The molecule has 3 heteroatoms. The SMILES string of the molecule is CC(=O)N(C)c1cccc(N(C)C(C)C)c1. The molecule has 0 saturated carbocycles. The fourth-order valence-electron chi connectivity index (χ4n) is 1.40. The van der Waals surface area contributed by atoms with Crippen LogP contribution < -0.4 is 9.80 Å². The molecule has 1 aromatic carbocycles. The maximum Gasteiger partial charge on any atom is 0.223 e. The highest BCUT2D eigenvalue weighted by molar-refractivity contribution is 5.91. The molecule has 0 bridgehead atoms. The number of hydrogen-bond acceptors (Lipinski definition) is 2. The van der Waals surface area contributed by atoms with Crippen LogP contribution in [0.2, 0.25) is 0 Å². The molecule has 1 rings (SSSR count). The molecule has 0 N–H and O–H groups in total. The minimum Gasteiger partial charge on any atom is -0.372 e. The van der Waals surface area contributed by atoms with Gasteiger partial charge < -0.3 is 9.80 Å². The summed E-state index contributed by atoms with van der Waals surface area (Å²) in [6.45, 7) is 5.85. The Balaban J connectivity index is 2.99. The molecule has 1 aromatic rings. The van der Waals surface area contributed by atoms with Crippen LogP contribution in [-0.4, -0.2) is 26.0 Å². The summed E-state index contributed by atoms with van der Waals surface area (Å²) in [5.74, 6) is 0.0457. The summed E-state index contributed by atoms with van der Waals surface area (Å²) in [6.07, 6.45) is 0. The zero-order valence-electron chi connectivity index (χ0n) is 10.7. The second-order valence-corrected chi connectivity index (χ2v) is 4.30. The van der Waals surface area contributed by atoms with Crippen LogP contribution in [0.5, 0.6) is 0 Å². The Bertz CT molecular complexity index is 374. The second-order valence-electron chi connectivity index (χ2n) is 4.30. The number of amides is 1. The van der Waals surface area contributed by atoms with Gasteiger partial charge in [-0.25, -0.2) is 0 Å². The van der Waals surface area contributed by atoms with Gasteiger partial charge in [-0.2, -0.15) is 0 Å². The van der Waals surface area contributed by atoms with E-state index in [0.717, 1.165) is 11.4 Å². The summed E-state index contributed by atoms with van der Waals surface area (Å²) in [6, 6.07) is 8.44. The van der Waals surface area contributed by atoms with Crippen LogP contribution in [0.1, 0.15) is 20.8 Å². The maximum absolute atomic E-state index is 11.3. The fraction of sp³-hybridized carbons (Fsp3) is 0.462. The lowest BCUT2D eigenvalue weighted by Gasteiger charge is -2.25. The van der Waals surface area contributed by atoms with Crippen molar-refractivity contribution < 1.29 is 4.79 Å². The minimum absolute atomic E-state index is 0.0457. The topological polar surface area (TPSA) is 23.6 Å². The number of carbonyl (C=O) groups excluding carboxylic acids is 1. The number of anilines is 2. The van der Waals surface area contributed by atoms with Gasteiger partial charge in [0.25, 0.3) is 0 Å². The summed E-state index contributed by atoms with van der Waals surface area (Å²) in [4.78, 5) is 15.1. The maximum atomic E-state index is 11.3. The number of nitrogens with zero attached hydrogens (tertiary/aromatic N) is 2. The predicted octanol–water partition coefficient (Wildman–Crippen LogP) is 2.51. The Morgan fingerprint density at radius 1 is 1.19 bits per heavy atom. The molecule has 88 valence electrons. The number of hydrogen-bond donors (Lipinski definition) is 0. The third kappa shape index (κ3) is 2.75. The first-order chi connectivity index (χ1) is 7.43. The lowest BCUT2D eigenvalue weighted by atomic mass is 10.2. The van der Waals surface area contributed by atoms with Crippen molar-refractivity contribution in [3.8, 4) is 0 Å². The first kappa shape index (κ1) is 12.6. The fourth-order valence-corrected chi connectivity index (χ4v) is 1.40. The molecule has 16 heavy (non-hydrogen) atoms. The first-order valence-electron chi connectivity index (χ1n) is 5.50. The van der Waals surface area contributed by atoms with Crippen LogP contribution in [0.4, 0.5) is 11.4 Å². The summed E-state index contributed by atoms with van der Waals surface area (Å²) >= 11 is 0. The Kier molecular flexibility index (Phi) is 3.93. The number of benzene rings is 1. The molecule has 0 fully saturated rings. The van der Waals surface area contributed by atoms with Gasteiger partial charge in [-0.3, -0.25) is 4.79 Å². The van der Waals surface area contributed by atoms with E-state index in [1.54, 1.807) is 18.9 Å². The minimum atomic E-state index is 0.0457. The zero-order chi connectivity index (χ0) is 12.3. The molecule has 1 amide bonds. The second kappa shape index (κ2) is 5.01. The lowest BCUT2D eigenvalue weighted by molar-refractivity contribution is -0.116. The van der Waals surface area contributed by atoms with E-state index < -0.39 is 0 Å². The summed E-state index contributed by atoms with van der Waals surface area (Å²) < 4.78 is 0. The van der Waals surface area contributed by atoms with Gasteiger partial charge in [-0.05, 0) is 32.0 Å². The molecule has 0 spiro atoms. The van der Waals surface area contributed by atoms with E-state index in [1.165, 1.54) is 0 Å². The van der Waals surface area contributed by atoms with Crippen LogP contribution in [0, 0.1) is 0 Å². The van der Waals surface area contributed by atoms with Gasteiger partial charge in [0.1, 0.15) is 0 Å². The monoisotopic (exact) mass is 220 g/mol. The Morgan fingerprint density at radius 2 is 1.75 bits per heavy atom.